The molecule has 0 unspecified atom stereocenters. The van der Waals surface area contributed by atoms with Crippen molar-refractivity contribution in [3.8, 4) is 11.3 Å². The first kappa shape index (κ1) is 23.5. The summed E-state index contributed by atoms with van der Waals surface area (Å²) in [6, 6.07) is 10.3. The lowest BCUT2D eigenvalue weighted by Crippen LogP contribution is -2.41. The van der Waals surface area contributed by atoms with E-state index in [-0.39, 0.29) is 28.8 Å². The topological polar surface area (TPSA) is 101 Å². The number of nitrogens with zero attached hydrogens (tertiary/aromatic N) is 2. The predicted molar refractivity (Wildman–Crippen MR) is 129 cm³/mol. The highest BCUT2D eigenvalue weighted by atomic mass is 32.2. The van der Waals surface area contributed by atoms with Crippen molar-refractivity contribution in [2.45, 2.75) is 56.5 Å². The van der Waals surface area contributed by atoms with E-state index < -0.39 is 10.0 Å². The highest BCUT2D eigenvalue weighted by Gasteiger charge is 2.29. The number of thiazole rings is 1. The fourth-order valence-electron chi connectivity index (χ4n) is 4.11. The second-order valence-electron chi connectivity index (χ2n) is 8.46. The minimum absolute atomic E-state index is 0.0144. The van der Waals surface area contributed by atoms with Crippen LogP contribution in [0.5, 0.6) is 0 Å². The van der Waals surface area contributed by atoms with E-state index in [4.69, 9.17) is 0 Å². The van der Waals surface area contributed by atoms with E-state index in [0.717, 1.165) is 21.8 Å². The molecule has 9 heteroatoms. The number of nitrogens with one attached hydrogen (secondary N) is 2. The van der Waals surface area contributed by atoms with Crippen molar-refractivity contribution in [2.24, 2.45) is 5.92 Å². The van der Waals surface area contributed by atoms with Gasteiger partial charge in [0.1, 0.15) is 0 Å². The average Bonchev–Trinajstić information content (AvgIpc) is 3.26. The van der Waals surface area contributed by atoms with Gasteiger partial charge in [-0.1, -0.05) is 18.2 Å². The zero-order valence-corrected chi connectivity index (χ0v) is 20.3. The van der Waals surface area contributed by atoms with Crippen molar-refractivity contribution in [3.63, 3.8) is 0 Å². The molecular weight excluding hydrogens is 456 g/mol. The van der Waals surface area contributed by atoms with E-state index in [0.29, 0.717) is 25.7 Å². The second-order valence-corrected chi connectivity index (χ2v) is 11.2. The summed E-state index contributed by atoms with van der Waals surface area (Å²) in [7, 11) is -3.62. The number of aryl methyl sites for hydroxylation is 1. The van der Waals surface area contributed by atoms with E-state index in [9.17, 15) is 13.2 Å². The molecule has 1 aromatic carbocycles. The molecule has 4 rings (SSSR count). The maximum Gasteiger partial charge on any atom is 0.240 e. The molecule has 0 spiro atoms. The van der Waals surface area contributed by atoms with Crippen LogP contribution in [0.25, 0.3) is 11.3 Å². The molecule has 1 aliphatic carbocycles. The fraction of sp³-hybridized carbons (Fsp3) is 0.375. The van der Waals surface area contributed by atoms with Gasteiger partial charge in [0, 0.05) is 35.3 Å². The summed E-state index contributed by atoms with van der Waals surface area (Å²) in [5.74, 6) is -0.0914. The van der Waals surface area contributed by atoms with Crippen molar-refractivity contribution in [3.05, 3.63) is 64.7 Å². The summed E-state index contributed by atoms with van der Waals surface area (Å²) in [6.45, 7) is 3.88. The summed E-state index contributed by atoms with van der Waals surface area (Å²) in [5, 5.41) is 5.99. The van der Waals surface area contributed by atoms with Gasteiger partial charge in [0.05, 0.1) is 21.6 Å². The van der Waals surface area contributed by atoms with Gasteiger partial charge >= 0.3 is 0 Å². The van der Waals surface area contributed by atoms with Gasteiger partial charge in [-0.15, -0.1) is 11.3 Å². The molecule has 2 aromatic heterocycles. The molecular formula is C24H28N4O3S2. The van der Waals surface area contributed by atoms with Crippen LogP contribution in [0.2, 0.25) is 0 Å². The highest BCUT2D eigenvalue weighted by Crippen LogP contribution is 2.27. The molecule has 174 valence electrons. The number of rotatable bonds is 7. The standard InChI is InChI=1S/C24H28N4O3S2/c1-16(20-4-3-13-25-14-20)26-24(29)19-5-9-21(10-6-19)28-33(30,31)22-11-7-18(8-12-22)23-15-32-17(2)27-23/h3-4,7-8,11-16,19,21,28H,5-6,9-10H2,1-2H3,(H,26,29)/t16-,19?,21?/m1/s1. The van der Waals surface area contributed by atoms with Crippen molar-refractivity contribution in [2.75, 3.05) is 0 Å². The van der Waals surface area contributed by atoms with Crippen LogP contribution in [0.1, 0.15) is 49.2 Å². The number of carbonyl (C=O) groups is 1. The third-order valence-corrected chi connectivity index (χ3v) is 8.35. The van der Waals surface area contributed by atoms with Crippen molar-refractivity contribution in [1.29, 1.82) is 0 Å². The monoisotopic (exact) mass is 484 g/mol. The molecule has 1 fully saturated rings. The second kappa shape index (κ2) is 10.1. The van der Waals surface area contributed by atoms with Crippen molar-refractivity contribution in [1.82, 2.24) is 20.0 Å². The van der Waals surface area contributed by atoms with Gasteiger partial charge in [-0.05, 0) is 63.3 Å². The molecule has 1 saturated carbocycles. The third kappa shape index (κ3) is 5.85. The van der Waals surface area contributed by atoms with Gasteiger partial charge in [-0.25, -0.2) is 18.1 Å². The number of amides is 1. The number of carbonyl (C=O) groups excluding carboxylic acids is 1. The summed E-state index contributed by atoms with van der Waals surface area (Å²) in [6.07, 6.45) is 6.03. The Balaban J connectivity index is 1.30. The Morgan fingerprint density at radius 1 is 1.12 bits per heavy atom. The minimum atomic E-state index is -3.62. The van der Waals surface area contributed by atoms with E-state index in [2.05, 4.69) is 20.0 Å². The Labute approximate surface area is 198 Å². The number of benzene rings is 1. The first-order valence-electron chi connectivity index (χ1n) is 11.1. The van der Waals surface area contributed by atoms with Crippen LogP contribution in [-0.4, -0.2) is 30.3 Å². The van der Waals surface area contributed by atoms with Gasteiger partial charge < -0.3 is 5.32 Å². The zero-order valence-electron chi connectivity index (χ0n) is 18.7. The van der Waals surface area contributed by atoms with Gasteiger partial charge in [0.15, 0.2) is 0 Å². The number of sulfonamides is 1. The van der Waals surface area contributed by atoms with Crippen LogP contribution in [0.3, 0.4) is 0 Å². The molecule has 2 N–H and O–H groups in total. The SMILES string of the molecule is Cc1nc(-c2ccc(S(=O)(=O)NC3CCC(C(=O)N[C@H](C)c4cccnc4)CC3)cc2)cs1. The van der Waals surface area contributed by atoms with Crippen LogP contribution >= 0.6 is 11.3 Å². The Morgan fingerprint density at radius 3 is 2.45 bits per heavy atom. The zero-order chi connectivity index (χ0) is 23.4. The van der Waals surface area contributed by atoms with Gasteiger partial charge in [0.2, 0.25) is 15.9 Å². The van der Waals surface area contributed by atoms with Crippen LogP contribution < -0.4 is 10.0 Å². The van der Waals surface area contributed by atoms with Gasteiger partial charge in [0.25, 0.3) is 0 Å². The van der Waals surface area contributed by atoms with Crippen molar-refractivity contribution < 1.29 is 13.2 Å². The fourth-order valence-corrected chi connectivity index (χ4v) is 6.04. The third-order valence-electron chi connectivity index (χ3n) is 6.04. The Kier molecular flexibility index (Phi) is 7.21. The molecule has 7 nitrogen and oxygen atoms in total. The molecule has 33 heavy (non-hydrogen) atoms. The van der Waals surface area contributed by atoms with Crippen LogP contribution in [-0.2, 0) is 14.8 Å². The molecule has 3 aromatic rings. The number of aromatic nitrogens is 2. The largest absolute Gasteiger partial charge is 0.349 e. The summed E-state index contributed by atoms with van der Waals surface area (Å²) in [4.78, 5) is 21.4. The smallest absolute Gasteiger partial charge is 0.240 e. The van der Waals surface area contributed by atoms with E-state index in [1.165, 1.54) is 0 Å². The lowest BCUT2D eigenvalue weighted by molar-refractivity contribution is -0.126. The first-order valence-corrected chi connectivity index (χ1v) is 13.4. The molecule has 2 heterocycles. The molecule has 0 bridgehead atoms. The first-order chi connectivity index (χ1) is 15.8. The Morgan fingerprint density at radius 2 is 1.85 bits per heavy atom. The minimum Gasteiger partial charge on any atom is -0.349 e. The van der Waals surface area contributed by atoms with E-state index in [1.807, 2.05) is 31.4 Å². The van der Waals surface area contributed by atoms with Crippen LogP contribution in [0, 0.1) is 12.8 Å². The van der Waals surface area contributed by atoms with Gasteiger partial charge in [-0.2, -0.15) is 0 Å². The predicted octanol–water partition coefficient (Wildman–Crippen LogP) is 4.23. The maximum absolute atomic E-state index is 12.9. The van der Waals surface area contributed by atoms with Gasteiger partial charge in [-0.3, -0.25) is 9.78 Å². The molecule has 1 atom stereocenters. The quantitative estimate of drug-likeness (QED) is 0.523. The molecule has 0 radical (unpaired) electrons. The lowest BCUT2D eigenvalue weighted by atomic mass is 9.85. The van der Waals surface area contributed by atoms with Crippen LogP contribution in [0.15, 0.2) is 59.1 Å². The van der Waals surface area contributed by atoms with E-state index in [1.54, 1.807) is 48.0 Å². The summed E-state index contributed by atoms with van der Waals surface area (Å²) < 4.78 is 28.5. The maximum atomic E-state index is 12.9. The number of pyridine rings is 1. The normalized spacial score (nSPS) is 19.7. The van der Waals surface area contributed by atoms with Crippen molar-refractivity contribution >= 4 is 27.3 Å². The lowest BCUT2D eigenvalue weighted by Gasteiger charge is -2.29. The Hall–Kier alpha value is -2.62. The summed E-state index contributed by atoms with van der Waals surface area (Å²) in [5.41, 5.74) is 2.71. The van der Waals surface area contributed by atoms with Crippen LogP contribution in [0.4, 0.5) is 0 Å². The molecule has 1 aliphatic rings. The summed E-state index contributed by atoms with van der Waals surface area (Å²) >= 11 is 1.56. The Bertz CT molecular complexity index is 1190. The average molecular weight is 485 g/mol. The highest BCUT2D eigenvalue weighted by molar-refractivity contribution is 7.89. The number of hydrogen-bond acceptors (Lipinski definition) is 6. The number of hydrogen-bond donors (Lipinski definition) is 2. The molecule has 1 amide bonds. The molecule has 0 saturated heterocycles. The molecule has 0 aliphatic heterocycles. The van der Waals surface area contributed by atoms with E-state index >= 15 is 0 Å².